The highest BCUT2D eigenvalue weighted by Crippen LogP contribution is 2.33. The Balaban J connectivity index is 1.83. The van der Waals surface area contributed by atoms with E-state index >= 15 is 0 Å². The third kappa shape index (κ3) is 5.31. The quantitative estimate of drug-likeness (QED) is 0.643. The van der Waals surface area contributed by atoms with Gasteiger partial charge in [0.25, 0.3) is 0 Å². The largest absolute Gasteiger partial charge is 0.381 e. The molecule has 2 nitrogen and oxygen atoms in total. The molecule has 1 aliphatic rings. The van der Waals surface area contributed by atoms with E-state index < -0.39 is 0 Å². The molecule has 1 saturated carbocycles. The Morgan fingerprint density at radius 3 is 2.44 bits per heavy atom. The number of hydrogen-bond donors (Lipinski definition) is 1. The van der Waals surface area contributed by atoms with Crippen molar-refractivity contribution in [2.45, 2.75) is 53.0 Å². The topological polar surface area (TPSA) is 21.3 Å². The van der Waals surface area contributed by atoms with Crippen molar-refractivity contribution < 1.29 is 4.74 Å². The zero-order chi connectivity index (χ0) is 12.0. The summed E-state index contributed by atoms with van der Waals surface area (Å²) in [6.07, 6.45) is 3.91. The molecule has 0 aliphatic heterocycles. The Morgan fingerprint density at radius 2 is 1.88 bits per heavy atom. The van der Waals surface area contributed by atoms with Crippen molar-refractivity contribution in [2.24, 2.45) is 17.8 Å². The summed E-state index contributed by atoms with van der Waals surface area (Å²) < 4.78 is 5.55. The molecule has 0 aromatic carbocycles. The van der Waals surface area contributed by atoms with Gasteiger partial charge in [0.1, 0.15) is 0 Å². The second-order valence-electron chi connectivity index (χ2n) is 5.95. The van der Waals surface area contributed by atoms with Crippen LogP contribution in [0.25, 0.3) is 0 Å². The minimum absolute atomic E-state index is 0.659. The average molecular weight is 227 g/mol. The minimum Gasteiger partial charge on any atom is -0.381 e. The molecule has 0 saturated heterocycles. The smallest absolute Gasteiger partial charge is 0.0489 e. The molecule has 0 aromatic rings. The van der Waals surface area contributed by atoms with Crippen molar-refractivity contribution in [3.63, 3.8) is 0 Å². The van der Waals surface area contributed by atoms with Gasteiger partial charge in [-0.2, -0.15) is 0 Å². The third-order valence-electron chi connectivity index (χ3n) is 3.47. The molecule has 0 bridgehead atoms. The number of nitrogens with one attached hydrogen (secondary N) is 1. The highest BCUT2D eigenvalue weighted by Gasteiger charge is 2.30. The third-order valence-corrected chi connectivity index (χ3v) is 3.47. The molecular formula is C14H29NO. The molecule has 0 amide bonds. The molecule has 0 heterocycles. The molecule has 1 N–H and O–H groups in total. The molecule has 0 radical (unpaired) electrons. The van der Waals surface area contributed by atoms with Crippen molar-refractivity contribution in [1.29, 1.82) is 0 Å². The van der Waals surface area contributed by atoms with Crippen LogP contribution in [0.1, 0.15) is 47.0 Å². The first kappa shape index (κ1) is 14.0. The molecule has 16 heavy (non-hydrogen) atoms. The summed E-state index contributed by atoms with van der Waals surface area (Å²) in [6, 6.07) is 0.789. The standard InChI is InChI=1S/C14H29NO/c1-11(2)10-16-7-5-6-15-14-8-13(9-14)12(3)4/h11-15H,5-10H2,1-4H3. The maximum atomic E-state index is 5.55. The van der Waals surface area contributed by atoms with Crippen molar-refractivity contribution in [1.82, 2.24) is 5.32 Å². The molecule has 0 aromatic heterocycles. The Morgan fingerprint density at radius 1 is 1.19 bits per heavy atom. The first-order chi connectivity index (χ1) is 7.59. The predicted octanol–water partition coefficient (Wildman–Crippen LogP) is 3.07. The summed E-state index contributed by atoms with van der Waals surface area (Å²) in [5.41, 5.74) is 0. The van der Waals surface area contributed by atoms with Crippen LogP contribution < -0.4 is 5.32 Å². The molecule has 0 unspecified atom stereocenters. The Hall–Kier alpha value is -0.0800. The lowest BCUT2D eigenvalue weighted by atomic mass is 9.74. The minimum atomic E-state index is 0.659. The summed E-state index contributed by atoms with van der Waals surface area (Å²) in [4.78, 5) is 0. The summed E-state index contributed by atoms with van der Waals surface area (Å²) in [5, 5.41) is 3.61. The van der Waals surface area contributed by atoms with Crippen LogP contribution in [-0.2, 0) is 4.74 Å². The van der Waals surface area contributed by atoms with Gasteiger partial charge in [-0.15, -0.1) is 0 Å². The van der Waals surface area contributed by atoms with Crippen LogP contribution in [0.5, 0.6) is 0 Å². The highest BCUT2D eigenvalue weighted by molar-refractivity contribution is 4.86. The Bertz CT molecular complexity index is 174. The normalized spacial score (nSPS) is 25.1. The van der Waals surface area contributed by atoms with Crippen molar-refractivity contribution in [2.75, 3.05) is 19.8 Å². The fourth-order valence-electron chi connectivity index (χ4n) is 2.17. The second-order valence-corrected chi connectivity index (χ2v) is 5.95. The van der Waals surface area contributed by atoms with Crippen LogP contribution in [-0.4, -0.2) is 25.8 Å². The molecule has 1 rings (SSSR count). The maximum absolute atomic E-state index is 5.55. The first-order valence-corrected chi connectivity index (χ1v) is 6.90. The van der Waals surface area contributed by atoms with E-state index in [1.807, 2.05) is 0 Å². The van der Waals surface area contributed by atoms with E-state index in [0.29, 0.717) is 5.92 Å². The van der Waals surface area contributed by atoms with Crippen LogP contribution in [0.2, 0.25) is 0 Å². The number of rotatable bonds is 8. The summed E-state index contributed by atoms with van der Waals surface area (Å²) in [6.45, 7) is 12.0. The molecule has 1 fully saturated rings. The summed E-state index contributed by atoms with van der Waals surface area (Å²) in [7, 11) is 0. The van der Waals surface area contributed by atoms with Gasteiger partial charge >= 0.3 is 0 Å². The molecule has 96 valence electrons. The van der Waals surface area contributed by atoms with Crippen LogP contribution in [0.4, 0.5) is 0 Å². The fourth-order valence-corrected chi connectivity index (χ4v) is 2.17. The number of hydrogen-bond acceptors (Lipinski definition) is 2. The van der Waals surface area contributed by atoms with Crippen LogP contribution in [0, 0.1) is 17.8 Å². The molecule has 0 spiro atoms. The van der Waals surface area contributed by atoms with Crippen LogP contribution >= 0.6 is 0 Å². The number of ether oxygens (including phenoxy) is 1. The van der Waals surface area contributed by atoms with Crippen molar-refractivity contribution >= 4 is 0 Å². The van der Waals surface area contributed by atoms with Gasteiger partial charge in [-0.1, -0.05) is 27.7 Å². The van der Waals surface area contributed by atoms with Gasteiger partial charge < -0.3 is 10.1 Å². The highest BCUT2D eigenvalue weighted by atomic mass is 16.5. The van der Waals surface area contributed by atoms with E-state index in [2.05, 4.69) is 33.0 Å². The molecule has 1 aliphatic carbocycles. The zero-order valence-corrected chi connectivity index (χ0v) is 11.5. The van der Waals surface area contributed by atoms with Gasteiger partial charge in [0.15, 0.2) is 0 Å². The predicted molar refractivity (Wildman–Crippen MR) is 69.6 cm³/mol. The van der Waals surface area contributed by atoms with Crippen molar-refractivity contribution in [3.05, 3.63) is 0 Å². The van der Waals surface area contributed by atoms with E-state index in [-0.39, 0.29) is 0 Å². The lowest BCUT2D eigenvalue weighted by Crippen LogP contribution is -2.43. The fraction of sp³-hybridized carbons (Fsp3) is 1.00. The van der Waals surface area contributed by atoms with Gasteiger partial charge in [0.2, 0.25) is 0 Å². The zero-order valence-electron chi connectivity index (χ0n) is 11.5. The van der Waals surface area contributed by atoms with Gasteiger partial charge in [-0.05, 0) is 43.6 Å². The van der Waals surface area contributed by atoms with Gasteiger partial charge in [-0.3, -0.25) is 0 Å². The second kappa shape index (κ2) is 7.29. The summed E-state index contributed by atoms with van der Waals surface area (Å²) >= 11 is 0. The van der Waals surface area contributed by atoms with Gasteiger partial charge in [0, 0.05) is 19.3 Å². The lowest BCUT2D eigenvalue weighted by Gasteiger charge is -2.38. The van der Waals surface area contributed by atoms with E-state index in [1.165, 1.54) is 12.8 Å². The van der Waals surface area contributed by atoms with E-state index in [4.69, 9.17) is 4.74 Å². The van der Waals surface area contributed by atoms with Gasteiger partial charge in [0.05, 0.1) is 0 Å². The van der Waals surface area contributed by atoms with Crippen LogP contribution in [0.3, 0.4) is 0 Å². The molecule has 2 heteroatoms. The molecular weight excluding hydrogens is 198 g/mol. The molecule has 0 atom stereocenters. The average Bonchev–Trinajstić information content (AvgIpc) is 2.12. The van der Waals surface area contributed by atoms with Crippen LogP contribution in [0.15, 0.2) is 0 Å². The van der Waals surface area contributed by atoms with Gasteiger partial charge in [-0.25, -0.2) is 0 Å². The Labute approximate surface area is 101 Å². The monoisotopic (exact) mass is 227 g/mol. The van der Waals surface area contributed by atoms with E-state index in [1.54, 1.807) is 0 Å². The Kier molecular flexibility index (Phi) is 6.37. The summed E-state index contributed by atoms with van der Waals surface area (Å²) in [5.74, 6) is 2.49. The van der Waals surface area contributed by atoms with Crippen molar-refractivity contribution in [3.8, 4) is 0 Å². The first-order valence-electron chi connectivity index (χ1n) is 6.90. The van der Waals surface area contributed by atoms with E-state index in [9.17, 15) is 0 Å². The maximum Gasteiger partial charge on any atom is 0.0489 e. The van der Waals surface area contributed by atoms with E-state index in [0.717, 1.165) is 44.1 Å². The lowest BCUT2D eigenvalue weighted by molar-refractivity contribution is 0.104. The SMILES string of the molecule is CC(C)COCCCNC1CC(C(C)C)C1.